The first-order valence-electron chi connectivity index (χ1n) is 34.1. The minimum Gasteiger partial charge on any atom is -0.206 e. The van der Waals surface area contributed by atoms with Crippen molar-refractivity contribution >= 4 is 54.1 Å². The lowest BCUT2D eigenvalue weighted by Gasteiger charge is -2.06. The van der Waals surface area contributed by atoms with E-state index in [2.05, 4.69) is 303 Å². The minimum atomic E-state index is -0.153. The third-order valence-corrected chi connectivity index (χ3v) is 20.7. The molecule has 466 valence electrons. The summed E-state index contributed by atoms with van der Waals surface area (Å²) >= 11 is 0. The molecule has 0 saturated heterocycles. The van der Waals surface area contributed by atoms with Crippen LogP contribution in [-0.2, 0) is 39.1 Å². The fourth-order valence-electron chi connectivity index (χ4n) is 15.6. The Hall–Kier alpha value is -10.8. The van der Waals surface area contributed by atoms with Crippen molar-refractivity contribution in [1.29, 1.82) is 0 Å². The molecule has 10 heterocycles. The quantitative estimate of drug-likeness (QED) is 0.154. The molecule has 20 rings (SSSR count). The number of fused-ring (bicyclic) bond motifs is 25. The summed E-state index contributed by atoms with van der Waals surface area (Å²) in [5.41, 5.74) is 32.4. The van der Waals surface area contributed by atoms with Gasteiger partial charge >= 0.3 is 0 Å². The SMILES string of the molecule is CCc1ccc2c(c1)C[n+]1ccc3ccccc3c1-2.Cc1c[n+]2c(c3ccccc13)-c1ccc(C(C)C)cc1C2.Cc1cc2c(cc1C)-c1ccc3ccccc3[n+]1C2.Cc1ccc2c(c1)-c1ccc3c(F)cccc3[n+]1C2.Cc1ccc2c3[n+](ccc2c1)Cc1ccccc1-3. The summed E-state index contributed by atoms with van der Waals surface area (Å²) in [7, 11) is 0. The van der Waals surface area contributed by atoms with E-state index in [-0.39, 0.29) is 5.82 Å². The van der Waals surface area contributed by atoms with Crippen LogP contribution < -0.4 is 22.8 Å². The van der Waals surface area contributed by atoms with Crippen LogP contribution in [0.4, 0.5) is 4.39 Å². The van der Waals surface area contributed by atoms with Gasteiger partial charge in [0.25, 0.3) is 0 Å². The van der Waals surface area contributed by atoms with E-state index in [4.69, 9.17) is 0 Å². The summed E-state index contributed by atoms with van der Waals surface area (Å²) in [6.45, 7) is 22.4. The van der Waals surface area contributed by atoms with Crippen molar-refractivity contribution in [3.8, 4) is 56.3 Å². The molecule has 0 unspecified atom stereocenters. The number of pyridine rings is 5. The lowest BCUT2D eigenvalue weighted by Crippen LogP contribution is -2.33. The average molecular weight is 1250 g/mol. The van der Waals surface area contributed by atoms with Crippen LogP contribution in [0.1, 0.15) is 93.5 Å². The van der Waals surface area contributed by atoms with Gasteiger partial charge in [0.15, 0.2) is 51.3 Å². The van der Waals surface area contributed by atoms with Gasteiger partial charge in [-0.1, -0.05) is 141 Å². The van der Waals surface area contributed by atoms with Crippen LogP contribution in [0.3, 0.4) is 0 Å². The van der Waals surface area contributed by atoms with Crippen LogP contribution >= 0.6 is 0 Å². The van der Waals surface area contributed by atoms with E-state index in [1.54, 1.807) is 6.07 Å². The van der Waals surface area contributed by atoms with Crippen molar-refractivity contribution in [2.75, 3.05) is 0 Å². The van der Waals surface area contributed by atoms with Crippen LogP contribution in [0.5, 0.6) is 0 Å². The number of rotatable bonds is 2. The van der Waals surface area contributed by atoms with Gasteiger partial charge in [-0.15, -0.1) is 0 Å². The largest absolute Gasteiger partial charge is 0.221 e. The number of halogens is 1. The smallest absolute Gasteiger partial charge is 0.206 e. The lowest BCUT2D eigenvalue weighted by atomic mass is 9.96. The molecule has 0 saturated carbocycles. The Morgan fingerprint density at radius 3 is 1.71 bits per heavy atom. The second-order valence-electron chi connectivity index (χ2n) is 27.3. The molecule has 0 bridgehead atoms. The lowest BCUT2D eigenvalue weighted by molar-refractivity contribution is -0.671. The Morgan fingerprint density at radius 1 is 0.354 bits per heavy atom. The molecule has 5 nitrogen and oxygen atoms in total. The molecule has 6 heteroatoms. The standard InChI is InChI=1S/C20H20N.2C18H16N.C17H13FN.C17H14N/c1-13(2)15-8-9-18-16(10-15)12-21-11-14(3)17-6-4-5-7-19(17)20(18)21;1-12-9-15-11-19-17-6-4-3-5-14(17)7-8-18(19)16(15)10-13(12)2;1-2-13-7-8-17-15(11-13)12-19-10-9-14-5-3-4-6-16(14)18(17)19;1-11-5-6-12-10-19-16-4-2-3-15(18)13(16)7-8-17(19)14(12)9-11;1-12-6-7-16-13(10-12)8-9-18-11-14-4-2-3-5-15(14)17(16)18/h4-11,13H,12H2,1-3H3;3-10H,11H2,1-2H3;3-11H,2,12H2,1H3;2-9H,10H2,1H3;2-10H,11H2,1H3/q5*+1. The summed E-state index contributed by atoms with van der Waals surface area (Å²) in [5.74, 6) is 0.433. The zero-order valence-corrected chi connectivity index (χ0v) is 56.2. The van der Waals surface area contributed by atoms with E-state index >= 15 is 0 Å². The molecule has 0 spiro atoms. The Balaban J connectivity index is 0.0000000944. The number of hydrogen-bond donors (Lipinski definition) is 0. The molecule has 0 atom stereocenters. The molecule has 10 aromatic carbocycles. The normalized spacial score (nSPS) is 12.6. The van der Waals surface area contributed by atoms with Gasteiger partial charge in [0, 0.05) is 75.2 Å². The van der Waals surface area contributed by atoms with E-state index < -0.39 is 0 Å². The Bertz CT molecular complexity index is 5680. The highest BCUT2D eigenvalue weighted by atomic mass is 19.1. The fourth-order valence-corrected chi connectivity index (χ4v) is 15.6. The van der Waals surface area contributed by atoms with Crippen LogP contribution in [0, 0.1) is 40.4 Å². The zero-order chi connectivity index (χ0) is 65.5. The zero-order valence-electron chi connectivity index (χ0n) is 56.2. The van der Waals surface area contributed by atoms with Crippen molar-refractivity contribution in [3.05, 3.63) is 328 Å². The van der Waals surface area contributed by atoms with Gasteiger partial charge in [-0.25, -0.2) is 4.39 Å². The van der Waals surface area contributed by atoms with Gasteiger partial charge in [0.05, 0.1) is 49.4 Å². The molecular weight excluding hydrogens is 1170 g/mol. The predicted octanol–water partition coefficient (Wildman–Crippen LogP) is 19.1. The van der Waals surface area contributed by atoms with E-state index in [0.717, 1.165) is 44.7 Å². The monoisotopic (exact) mass is 1250 g/mol. The second kappa shape index (κ2) is 24.5. The molecule has 5 aromatic heterocycles. The van der Waals surface area contributed by atoms with E-state index in [1.165, 1.54) is 172 Å². The molecule has 5 aliphatic heterocycles. The van der Waals surface area contributed by atoms with Gasteiger partial charge < -0.3 is 0 Å². The predicted molar refractivity (Wildman–Crippen MR) is 391 cm³/mol. The number of benzene rings is 10. The van der Waals surface area contributed by atoms with Crippen LogP contribution in [0.15, 0.2) is 255 Å². The maximum absolute atomic E-state index is 13.8. The van der Waals surface area contributed by atoms with E-state index in [1.807, 2.05) is 18.2 Å². The molecule has 0 radical (unpaired) electrons. The highest BCUT2D eigenvalue weighted by Crippen LogP contribution is 2.38. The van der Waals surface area contributed by atoms with Crippen molar-refractivity contribution < 1.29 is 27.2 Å². The summed E-state index contributed by atoms with van der Waals surface area (Å²) in [5, 5.41) is 10.1. The van der Waals surface area contributed by atoms with E-state index in [0.29, 0.717) is 11.3 Å². The molecule has 15 aromatic rings. The first-order chi connectivity index (χ1) is 46.8. The molecule has 0 fully saturated rings. The van der Waals surface area contributed by atoms with Gasteiger partial charge in [-0.05, 0) is 176 Å². The fraction of sp³-hybridized carbons (Fsp3) is 0.167. The van der Waals surface area contributed by atoms with Crippen LogP contribution in [0.2, 0.25) is 0 Å². The number of nitrogens with zero attached hydrogens (tertiary/aromatic N) is 5. The second-order valence-corrected chi connectivity index (χ2v) is 27.3. The van der Waals surface area contributed by atoms with Crippen LogP contribution in [-0.4, -0.2) is 0 Å². The van der Waals surface area contributed by atoms with Gasteiger partial charge in [-0.2, -0.15) is 22.8 Å². The number of para-hydroxylation sites is 1. The minimum absolute atomic E-state index is 0.153. The molecule has 0 aliphatic carbocycles. The third kappa shape index (κ3) is 10.7. The third-order valence-electron chi connectivity index (χ3n) is 20.7. The topological polar surface area (TPSA) is 19.4 Å². The summed E-state index contributed by atoms with van der Waals surface area (Å²) in [6.07, 6.45) is 7.82. The van der Waals surface area contributed by atoms with E-state index in [9.17, 15) is 4.39 Å². The highest BCUT2D eigenvalue weighted by molar-refractivity contribution is 5.97. The van der Waals surface area contributed by atoms with Crippen LogP contribution in [0.25, 0.3) is 110 Å². The molecule has 0 amide bonds. The summed E-state index contributed by atoms with van der Waals surface area (Å²) < 4.78 is 25.6. The van der Waals surface area contributed by atoms with Crippen molar-refractivity contribution in [1.82, 2.24) is 0 Å². The first-order valence-corrected chi connectivity index (χ1v) is 34.1. The van der Waals surface area contributed by atoms with Crippen molar-refractivity contribution in [2.24, 2.45) is 0 Å². The first kappa shape index (κ1) is 60.1. The average Bonchev–Trinajstić information content (AvgIpc) is 1.63. The molecular formula is C90H79FN5+5. The Morgan fingerprint density at radius 2 is 0.906 bits per heavy atom. The molecule has 5 aliphatic rings. The van der Waals surface area contributed by atoms with Gasteiger partial charge in [0.1, 0.15) is 5.82 Å². The summed E-state index contributed by atoms with van der Waals surface area (Å²) in [6, 6.07) is 84.6. The maximum Gasteiger partial charge on any atom is 0.221 e. The van der Waals surface area contributed by atoms with Gasteiger partial charge in [0.2, 0.25) is 39.5 Å². The number of aryl methyl sites for hydroxylation is 6. The van der Waals surface area contributed by atoms with Crippen molar-refractivity contribution in [3.63, 3.8) is 0 Å². The van der Waals surface area contributed by atoms with Crippen molar-refractivity contribution in [2.45, 2.75) is 100 Å². The molecule has 0 N–H and O–H groups in total. The maximum atomic E-state index is 13.8. The number of aromatic nitrogens is 5. The summed E-state index contributed by atoms with van der Waals surface area (Å²) in [4.78, 5) is 0. The van der Waals surface area contributed by atoms with Gasteiger partial charge in [-0.3, -0.25) is 0 Å². The molecule has 96 heavy (non-hydrogen) atoms. The Labute approximate surface area is 562 Å². The number of hydrogen-bond acceptors (Lipinski definition) is 0. The Kier molecular flexibility index (Phi) is 15.4. The highest BCUT2D eigenvalue weighted by Gasteiger charge is 2.34.